The maximum atomic E-state index is 12.2. The highest BCUT2D eigenvalue weighted by atomic mass is 16.3. The smallest absolute Gasteiger partial charge is 0.311 e. The van der Waals surface area contributed by atoms with Gasteiger partial charge in [0.15, 0.2) is 12.1 Å². The van der Waals surface area contributed by atoms with Gasteiger partial charge in [-0.05, 0) is 13.8 Å². The fourth-order valence-electron chi connectivity index (χ4n) is 2.25. The van der Waals surface area contributed by atoms with E-state index in [1.165, 1.54) is 42.0 Å². The molecule has 0 fully saturated rings. The standard InChI is InChI=1S/C14H23N5O5/c1-14(2,17-10(22)12(24)18(4)5)13-16-7(9(21)15-3)8(20)11(23)19(13)6/h7-8,20H,1-6H3,(H,15,21)(H,17,22). The Kier molecular flexibility index (Phi) is 5.67. The molecule has 0 aromatic heterocycles. The van der Waals surface area contributed by atoms with Gasteiger partial charge in [0.2, 0.25) is 5.91 Å². The summed E-state index contributed by atoms with van der Waals surface area (Å²) in [5, 5.41) is 14.7. The Morgan fingerprint density at radius 2 is 1.83 bits per heavy atom. The quantitative estimate of drug-likeness (QED) is 0.481. The summed E-state index contributed by atoms with van der Waals surface area (Å²) in [5.41, 5.74) is -1.22. The van der Waals surface area contributed by atoms with Gasteiger partial charge < -0.3 is 20.6 Å². The highest BCUT2D eigenvalue weighted by Crippen LogP contribution is 2.19. The first-order chi connectivity index (χ1) is 10.9. The van der Waals surface area contributed by atoms with E-state index in [-0.39, 0.29) is 5.84 Å². The molecule has 1 rings (SSSR count). The van der Waals surface area contributed by atoms with Crippen molar-refractivity contribution in [3.63, 3.8) is 0 Å². The molecule has 4 amide bonds. The van der Waals surface area contributed by atoms with Gasteiger partial charge in [0.1, 0.15) is 5.84 Å². The van der Waals surface area contributed by atoms with Crippen LogP contribution in [0.1, 0.15) is 13.8 Å². The van der Waals surface area contributed by atoms with Gasteiger partial charge in [-0.1, -0.05) is 0 Å². The first-order valence-electron chi connectivity index (χ1n) is 7.23. The number of aliphatic imine (C=N–C) groups is 1. The largest absolute Gasteiger partial charge is 0.380 e. The molecule has 0 radical (unpaired) electrons. The van der Waals surface area contributed by atoms with E-state index in [4.69, 9.17) is 0 Å². The summed E-state index contributed by atoms with van der Waals surface area (Å²) >= 11 is 0. The zero-order chi connectivity index (χ0) is 18.8. The highest BCUT2D eigenvalue weighted by Gasteiger charge is 2.44. The zero-order valence-corrected chi connectivity index (χ0v) is 14.6. The number of nitrogens with zero attached hydrogens (tertiary/aromatic N) is 3. The molecule has 3 N–H and O–H groups in total. The van der Waals surface area contributed by atoms with E-state index in [0.717, 1.165) is 9.80 Å². The van der Waals surface area contributed by atoms with Crippen molar-refractivity contribution in [2.45, 2.75) is 31.5 Å². The normalized spacial score (nSPS) is 21.0. The molecule has 1 heterocycles. The van der Waals surface area contributed by atoms with Crippen LogP contribution in [0.4, 0.5) is 0 Å². The Labute approximate surface area is 139 Å². The fourth-order valence-corrected chi connectivity index (χ4v) is 2.25. The third kappa shape index (κ3) is 3.70. The van der Waals surface area contributed by atoms with Crippen LogP contribution in [0.2, 0.25) is 0 Å². The van der Waals surface area contributed by atoms with Crippen LogP contribution in [-0.4, -0.2) is 90.2 Å². The number of nitrogens with one attached hydrogen (secondary N) is 2. The molecule has 2 atom stereocenters. The molecule has 0 bridgehead atoms. The number of carbonyl (C=O) groups is 4. The Morgan fingerprint density at radius 3 is 2.29 bits per heavy atom. The van der Waals surface area contributed by atoms with E-state index in [1.54, 1.807) is 0 Å². The van der Waals surface area contributed by atoms with Crippen molar-refractivity contribution in [3.8, 4) is 0 Å². The predicted octanol–water partition coefficient (Wildman–Crippen LogP) is -2.68. The Morgan fingerprint density at radius 1 is 1.29 bits per heavy atom. The van der Waals surface area contributed by atoms with Gasteiger partial charge in [-0.15, -0.1) is 0 Å². The average Bonchev–Trinajstić information content (AvgIpc) is 2.50. The van der Waals surface area contributed by atoms with Crippen LogP contribution in [0.3, 0.4) is 0 Å². The van der Waals surface area contributed by atoms with Crippen molar-refractivity contribution in [1.29, 1.82) is 0 Å². The minimum Gasteiger partial charge on any atom is -0.380 e. The number of amidine groups is 1. The lowest BCUT2D eigenvalue weighted by molar-refractivity contribution is -0.145. The monoisotopic (exact) mass is 341 g/mol. The summed E-state index contributed by atoms with van der Waals surface area (Å²) in [5.74, 6) is -2.94. The number of aliphatic hydroxyl groups excluding tert-OH is 1. The van der Waals surface area contributed by atoms with Crippen LogP contribution in [0, 0.1) is 0 Å². The summed E-state index contributed by atoms with van der Waals surface area (Å²) in [7, 11) is 5.59. The van der Waals surface area contributed by atoms with Crippen LogP contribution in [-0.2, 0) is 19.2 Å². The van der Waals surface area contributed by atoms with Crippen LogP contribution in [0.5, 0.6) is 0 Å². The van der Waals surface area contributed by atoms with Crippen molar-refractivity contribution < 1.29 is 24.3 Å². The molecule has 0 spiro atoms. The number of hydrogen-bond donors (Lipinski definition) is 3. The van der Waals surface area contributed by atoms with Crippen LogP contribution in [0.15, 0.2) is 4.99 Å². The summed E-state index contributed by atoms with van der Waals surface area (Å²) in [6, 6.07) is -1.32. The number of rotatable bonds is 3. The minimum absolute atomic E-state index is 0.0614. The minimum atomic E-state index is -1.62. The van der Waals surface area contributed by atoms with E-state index in [1.807, 2.05) is 0 Å². The third-order valence-electron chi connectivity index (χ3n) is 3.56. The Balaban J connectivity index is 3.19. The molecule has 0 saturated heterocycles. The molecule has 1 aliphatic rings. The van der Waals surface area contributed by atoms with Crippen molar-refractivity contribution in [2.75, 3.05) is 28.2 Å². The molecule has 2 unspecified atom stereocenters. The van der Waals surface area contributed by atoms with Gasteiger partial charge in [0.25, 0.3) is 5.91 Å². The summed E-state index contributed by atoms with van der Waals surface area (Å²) in [6.45, 7) is 3.07. The number of hydrogen-bond acceptors (Lipinski definition) is 6. The predicted molar refractivity (Wildman–Crippen MR) is 85.0 cm³/mol. The van der Waals surface area contributed by atoms with E-state index in [0.29, 0.717) is 0 Å². The molecule has 24 heavy (non-hydrogen) atoms. The highest BCUT2D eigenvalue weighted by molar-refractivity contribution is 6.35. The molecule has 0 aliphatic carbocycles. The summed E-state index contributed by atoms with van der Waals surface area (Å²) in [6.07, 6.45) is -1.62. The van der Waals surface area contributed by atoms with Gasteiger partial charge in [-0.25, -0.2) is 0 Å². The number of carbonyl (C=O) groups excluding carboxylic acids is 4. The van der Waals surface area contributed by atoms with Crippen molar-refractivity contribution in [3.05, 3.63) is 0 Å². The lowest BCUT2D eigenvalue weighted by Crippen LogP contribution is -2.64. The molecule has 1 aliphatic heterocycles. The third-order valence-corrected chi connectivity index (χ3v) is 3.56. The summed E-state index contributed by atoms with van der Waals surface area (Å²) < 4.78 is 0. The zero-order valence-electron chi connectivity index (χ0n) is 14.6. The van der Waals surface area contributed by atoms with Crippen LogP contribution < -0.4 is 10.6 Å². The number of amides is 4. The van der Waals surface area contributed by atoms with E-state index < -0.39 is 41.3 Å². The second kappa shape index (κ2) is 6.95. The lowest BCUT2D eigenvalue weighted by Gasteiger charge is -2.38. The number of likely N-dealkylation sites (N-methyl/N-ethyl adjacent to an activating group) is 3. The van der Waals surface area contributed by atoms with Gasteiger partial charge >= 0.3 is 11.8 Å². The summed E-state index contributed by atoms with van der Waals surface area (Å²) in [4.78, 5) is 54.0. The van der Waals surface area contributed by atoms with Crippen molar-refractivity contribution >= 4 is 29.5 Å². The van der Waals surface area contributed by atoms with E-state index in [2.05, 4.69) is 15.6 Å². The topological polar surface area (TPSA) is 131 Å². The van der Waals surface area contributed by atoms with Gasteiger partial charge in [0, 0.05) is 28.2 Å². The van der Waals surface area contributed by atoms with Gasteiger partial charge in [-0.3, -0.25) is 29.1 Å². The number of aliphatic hydroxyl groups is 1. The van der Waals surface area contributed by atoms with E-state index >= 15 is 0 Å². The molecule has 0 saturated carbocycles. The molecule has 0 aromatic rings. The average molecular weight is 341 g/mol. The Bertz CT molecular complexity index is 598. The second-order valence-corrected chi connectivity index (χ2v) is 6.13. The first kappa shape index (κ1) is 19.6. The molecular formula is C14H23N5O5. The lowest BCUT2D eigenvalue weighted by atomic mass is 9.97. The van der Waals surface area contributed by atoms with Crippen LogP contribution >= 0.6 is 0 Å². The molecule has 0 aromatic carbocycles. The molecule has 134 valence electrons. The Hall–Kier alpha value is -2.49. The maximum Gasteiger partial charge on any atom is 0.311 e. The van der Waals surface area contributed by atoms with Crippen molar-refractivity contribution in [1.82, 2.24) is 20.4 Å². The first-order valence-corrected chi connectivity index (χ1v) is 7.23. The van der Waals surface area contributed by atoms with Gasteiger partial charge in [-0.2, -0.15) is 0 Å². The molecular weight excluding hydrogens is 318 g/mol. The molecule has 10 heteroatoms. The fraction of sp³-hybridized carbons (Fsp3) is 0.643. The molecule has 10 nitrogen and oxygen atoms in total. The van der Waals surface area contributed by atoms with E-state index in [9.17, 15) is 24.3 Å². The van der Waals surface area contributed by atoms with Crippen LogP contribution in [0.25, 0.3) is 0 Å². The SMILES string of the molecule is CNC(=O)C1N=C(C(C)(C)NC(=O)C(=O)N(C)C)N(C)C(=O)C1O. The second-order valence-electron chi connectivity index (χ2n) is 6.13. The van der Waals surface area contributed by atoms with Crippen molar-refractivity contribution in [2.24, 2.45) is 4.99 Å². The maximum absolute atomic E-state index is 12.2. The van der Waals surface area contributed by atoms with Gasteiger partial charge in [0.05, 0.1) is 5.54 Å².